The van der Waals surface area contributed by atoms with Crippen molar-refractivity contribution in [3.05, 3.63) is 18.1 Å². The van der Waals surface area contributed by atoms with Crippen molar-refractivity contribution >= 4 is 15.7 Å². The molecule has 0 saturated heterocycles. The molecule has 1 unspecified atom stereocenters. The Balaban J connectivity index is 2.76. The molecule has 1 N–H and O–H groups in total. The maximum atomic E-state index is 11.4. The van der Waals surface area contributed by atoms with Gasteiger partial charge in [-0.2, -0.15) is 5.26 Å². The Kier molecular flexibility index (Phi) is 4.40. The first-order chi connectivity index (χ1) is 7.98. The Labute approximate surface area is 101 Å². The van der Waals surface area contributed by atoms with Crippen LogP contribution in [-0.2, 0) is 9.84 Å². The van der Waals surface area contributed by atoms with Crippen LogP contribution >= 0.6 is 0 Å². The minimum Gasteiger partial charge on any atom is -0.364 e. The molecule has 0 aliphatic heterocycles. The summed E-state index contributed by atoms with van der Waals surface area (Å²) in [7, 11) is -3.05. The highest BCUT2D eigenvalue weighted by atomic mass is 32.2. The van der Waals surface area contributed by atoms with Crippen molar-refractivity contribution < 1.29 is 8.42 Å². The normalized spacial score (nSPS) is 12.8. The van der Waals surface area contributed by atoms with E-state index in [4.69, 9.17) is 5.26 Å². The molecule has 1 atom stereocenters. The minimum absolute atomic E-state index is 0.00490. The van der Waals surface area contributed by atoms with Crippen molar-refractivity contribution in [2.24, 2.45) is 0 Å². The van der Waals surface area contributed by atoms with Crippen LogP contribution in [0.25, 0.3) is 0 Å². The molecule has 0 amide bonds. The highest BCUT2D eigenvalue weighted by Crippen LogP contribution is 2.09. The van der Waals surface area contributed by atoms with E-state index in [1.165, 1.54) is 12.4 Å². The third kappa shape index (κ3) is 4.00. The van der Waals surface area contributed by atoms with Gasteiger partial charge < -0.3 is 5.32 Å². The van der Waals surface area contributed by atoms with E-state index in [1.807, 2.05) is 6.07 Å². The number of anilines is 1. The summed E-state index contributed by atoms with van der Waals surface area (Å²) in [5.74, 6) is 0.420. The van der Waals surface area contributed by atoms with Crippen LogP contribution in [0.15, 0.2) is 12.4 Å². The van der Waals surface area contributed by atoms with Gasteiger partial charge in [0.25, 0.3) is 0 Å². The van der Waals surface area contributed by atoms with Crippen LogP contribution in [0.4, 0.5) is 5.82 Å². The van der Waals surface area contributed by atoms with Gasteiger partial charge in [0.15, 0.2) is 21.3 Å². The molecule has 0 aliphatic carbocycles. The number of nitrogens with one attached hydrogen (secondary N) is 1. The monoisotopic (exact) mass is 254 g/mol. The highest BCUT2D eigenvalue weighted by Gasteiger charge is 2.15. The lowest BCUT2D eigenvalue weighted by atomic mass is 10.3. The molecule has 0 aliphatic rings. The summed E-state index contributed by atoms with van der Waals surface area (Å²) in [6, 6.07) is 1.58. The van der Waals surface area contributed by atoms with E-state index < -0.39 is 9.84 Å². The van der Waals surface area contributed by atoms with Gasteiger partial charge in [0.2, 0.25) is 0 Å². The summed E-state index contributed by atoms with van der Waals surface area (Å²) in [6.07, 6.45) is 2.86. The summed E-state index contributed by atoms with van der Waals surface area (Å²) in [4.78, 5) is 7.79. The van der Waals surface area contributed by atoms with Crippen LogP contribution in [0.2, 0.25) is 0 Å². The quantitative estimate of drug-likeness (QED) is 0.825. The molecule has 1 heterocycles. The molecule has 17 heavy (non-hydrogen) atoms. The van der Waals surface area contributed by atoms with Crippen LogP contribution < -0.4 is 5.32 Å². The number of hydrogen-bond donors (Lipinski definition) is 1. The van der Waals surface area contributed by atoms with Crippen LogP contribution in [0.1, 0.15) is 19.5 Å². The molecule has 1 rings (SSSR count). The van der Waals surface area contributed by atoms with Crippen molar-refractivity contribution in [2.75, 3.05) is 16.8 Å². The molecule has 1 aromatic heterocycles. The fourth-order valence-electron chi connectivity index (χ4n) is 1.30. The summed E-state index contributed by atoms with van der Waals surface area (Å²) in [5.41, 5.74) is 0.160. The second-order valence-electron chi connectivity index (χ2n) is 3.61. The van der Waals surface area contributed by atoms with E-state index in [0.717, 1.165) is 0 Å². The van der Waals surface area contributed by atoms with Gasteiger partial charge in [-0.3, -0.25) is 0 Å². The average molecular weight is 254 g/mol. The molecule has 1 aromatic rings. The summed E-state index contributed by atoms with van der Waals surface area (Å²) in [5, 5.41) is 11.7. The molecule has 7 heteroatoms. The van der Waals surface area contributed by atoms with Crippen LogP contribution in [0.5, 0.6) is 0 Å². The van der Waals surface area contributed by atoms with Gasteiger partial charge in [-0.1, -0.05) is 6.92 Å². The SMILES string of the molecule is CCS(=O)(=O)CC(C)Nc1nccnc1C#N. The van der Waals surface area contributed by atoms with Gasteiger partial charge in [-0.25, -0.2) is 18.4 Å². The maximum Gasteiger partial charge on any atom is 0.182 e. The van der Waals surface area contributed by atoms with Crippen molar-refractivity contribution in [1.29, 1.82) is 5.26 Å². The predicted molar refractivity (Wildman–Crippen MR) is 64.2 cm³/mol. The topological polar surface area (TPSA) is 95.7 Å². The first kappa shape index (κ1) is 13.4. The molecule has 92 valence electrons. The minimum atomic E-state index is -3.05. The zero-order valence-electron chi connectivity index (χ0n) is 9.71. The zero-order valence-corrected chi connectivity index (χ0v) is 10.5. The number of hydrogen-bond acceptors (Lipinski definition) is 6. The Morgan fingerprint density at radius 3 is 2.71 bits per heavy atom. The molecule has 0 fully saturated rings. The lowest BCUT2D eigenvalue weighted by Crippen LogP contribution is -2.27. The van der Waals surface area contributed by atoms with E-state index in [-0.39, 0.29) is 23.2 Å². The van der Waals surface area contributed by atoms with Crippen LogP contribution in [-0.4, -0.2) is 35.9 Å². The zero-order chi connectivity index (χ0) is 12.9. The van der Waals surface area contributed by atoms with Gasteiger partial charge in [0.05, 0.1) is 5.75 Å². The van der Waals surface area contributed by atoms with E-state index in [9.17, 15) is 8.42 Å². The summed E-state index contributed by atoms with van der Waals surface area (Å²) >= 11 is 0. The Bertz CT molecular complexity index is 521. The molecule has 0 saturated carbocycles. The van der Waals surface area contributed by atoms with Gasteiger partial charge in [-0.05, 0) is 6.92 Å². The van der Waals surface area contributed by atoms with Gasteiger partial charge in [-0.15, -0.1) is 0 Å². The standard InChI is InChI=1S/C10H14N4O2S/c1-3-17(15,16)7-8(2)14-10-9(6-11)12-4-5-13-10/h4-5,8H,3,7H2,1-2H3,(H,13,14). The first-order valence-electron chi connectivity index (χ1n) is 5.16. The fraction of sp³-hybridized carbons (Fsp3) is 0.500. The smallest absolute Gasteiger partial charge is 0.182 e. The predicted octanol–water partition coefficient (Wildman–Crippen LogP) is 0.583. The van der Waals surface area contributed by atoms with Crippen molar-refractivity contribution in [3.8, 4) is 6.07 Å². The molecule has 0 aromatic carbocycles. The first-order valence-corrected chi connectivity index (χ1v) is 6.98. The second kappa shape index (κ2) is 5.59. The molecular weight excluding hydrogens is 240 g/mol. The van der Waals surface area contributed by atoms with Gasteiger partial charge >= 0.3 is 0 Å². The Morgan fingerprint density at radius 2 is 2.12 bits per heavy atom. The van der Waals surface area contributed by atoms with E-state index in [0.29, 0.717) is 5.82 Å². The second-order valence-corrected chi connectivity index (χ2v) is 6.01. The fourth-order valence-corrected chi connectivity index (χ4v) is 2.38. The number of nitrogens with zero attached hydrogens (tertiary/aromatic N) is 3. The molecule has 6 nitrogen and oxygen atoms in total. The molecule has 0 spiro atoms. The Hall–Kier alpha value is -1.68. The Morgan fingerprint density at radius 1 is 1.47 bits per heavy atom. The lowest BCUT2D eigenvalue weighted by Gasteiger charge is -2.14. The highest BCUT2D eigenvalue weighted by molar-refractivity contribution is 7.91. The van der Waals surface area contributed by atoms with E-state index in [1.54, 1.807) is 13.8 Å². The van der Waals surface area contributed by atoms with Gasteiger partial charge in [0.1, 0.15) is 6.07 Å². The average Bonchev–Trinajstić information content (AvgIpc) is 2.29. The largest absolute Gasteiger partial charge is 0.364 e. The number of aromatic nitrogens is 2. The molecule has 0 radical (unpaired) electrons. The summed E-state index contributed by atoms with van der Waals surface area (Å²) in [6.45, 7) is 3.33. The molecular formula is C10H14N4O2S. The van der Waals surface area contributed by atoms with E-state index in [2.05, 4.69) is 15.3 Å². The summed E-state index contributed by atoms with van der Waals surface area (Å²) < 4.78 is 22.8. The number of sulfone groups is 1. The number of rotatable bonds is 5. The maximum absolute atomic E-state index is 11.4. The van der Waals surface area contributed by atoms with Gasteiger partial charge in [0, 0.05) is 24.2 Å². The number of nitriles is 1. The third-order valence-electron chi connectivity index (χ3n) is 2.13. The van der Waals surface area contributed by atoms with Crippen LogP contribution in [0, 0.1) is 11.3 Å². The third-order valence-corrected chi connectivity index (χ3v) is 4.02. The van der Waals surface area contributed by atoms with Crippen molar-refractivity contribution in [2.45, 2.75) is 19.9 Å². The van der Waals surface area contributed by atoms with Crippen molar-refractivity contribution in [3.63, 3.8) is 0 Å². The van der Waals surface area contributed by atoms with Crippen molar-refractivity contribution in [1.82, 2.24) is 9.97 Å². The molecule has 0 bridgehead atoms. The van der Waals surface area contributed by atoms with Crippen LogP contribution in [0.3, 0.4) is 0 Å². The van der Waals surface area contributed by atoms with E-state index >= 15 is 0 Å². The lowest BCUT2D eigenvalue weighted by molar-refractivity contribution is 0.593.